The lowest BCUT2D eigenvalue weighted by Gasteiger charge is -2.35. The van der Waals surface area contributed by atoms with E-state index in [4.69, 9.17) is 5.11 Å². The maximum atomic E-state index is 11.0. The lowest BCUT2D eigenvalue weighted by molar-refractivity contribution is -0.135. The first-order valence-corrected chi connectivity index (χ1v) is 6.23. The van der Waals surface area contributed by atoms with Crippen molar-refractivity contribution < 1.29 is 9.90 Å². The van der Waals surface area contributed by atoms with Crippen LogP contribution in [-0.2, 0) is 4.79 Å². The van der Waals surface area contributed by atoms with Crippen molar-refractivity contribution in [1.29, 1.82) is 0 Å². The number of pyridine rings is 1. The van der Waals surface area contributed by atoms with Crippen LogP contribution in [0.15, 0.2) is 36.4 Å². The van der Waals surface area contributed by atoms with Crippen LogP contribution in [0.3, 0.4) is 0 Å². The quantitative estimate of drug-likeness (QED) is 0.919. The SMILES string of the molecule is CC(C)(C)N(CC(=O)O)c1ccc2ccccc2n1. The van der Waals surface area contributed by atoms with Crippen LogP contribution in [0.2, 0.25) is 0 Å². The van der Waals surface area contributed by atoms with Crippen molar-refractivity contribution in [3.63, 3.8) is 0 Å². The molecule has 0 amide bonds. The van der Waals surface area contributed by atoms with Gasteiger partial charge in [-0.05, 0) is 39.0 Å². The summed E-state index contributed by atoms with van der Waals surface area (Å²) in [6.45, 7) is 5.88. The second-order valence-corrected chi connectivity index (χ2v) is 5.51. The topological polar surface area (TPSA) is 53.4 Å². The zero-order chi connectivity index (χ0) is 14.0. The van der Waals surface area contributed by atoms with Crippen molar-refractivity contribution in [2.24, 2.45) is 0 Å². The van der Waals surface area contributed by atoms with E-state index in [0.29, 0.717) is 5.82 Å². The summed E-state index contributed by atoms with van der Waals surface area (Å²) in [4.78, 5) is 17.4. The van der Waals surface area contributed by atoms with Crippen LogP contribution in [0.5, 0.6) is 0 Å². The van der Waals surface area contributed by atoms with E-state index in [2.05, 4.69) is 4.98 Å². The number of carboxylic acid groups (broad SMARTS) is 1. The number of hydrogen-bond acceptors (Lipinski definition) is 3. The second kappa shape index (κ2) is 4.88. The predicted molar refractivity (Wildman–Crippen MR) is 76.5 cm³/mol. The van der Waals surface area contributed by atoms with Crippen LogP contribution < -0.4 is 4.90 Å². The molecule has 0 saturated carbocycles. The van der Waals surface area contributed by atoms with E-state index in [1.165, 1.54) is 0 Å². The summed E-state index contributed by atoms with van der Waals surface area (Å²) in [6.07, 6.45) is 0. The van der Waals surface area contributed by atoms with Gasteiger partial charge in [0.1, 0.15) is 12.4 Å². The Bertz CT molecular complexity index is 602. The molecule has 0 radical (unpaired) electrons. The number of nitrogens with zero attached hydrogens (tertiary/aromatic N) is 2. The highest BCUT2D eigenvalue weighted by Crippen LogP contribution is 2.24. The third kappa shape index (κ3) is 3.02. The largest absolute Gasteiger partial charge is 0.480 e. The van der Waals surface area contributed by atoms with Gasteiger partial charge in [0.05, 0.1) is 5.52 Å². The van der Waals surface area contributed by atoms with Gasteiger partial charge >= 0.3 is 5.97 Å². The van der Waals surface area contributed by atoms with Gasteiger partial charge in [-0.2, -0.15) is 0 Å². The van der Waals surface area contributed by atoms with Crippen molar-refractivity contribution in [2.45, 2.75) is 26.3 Å². The summed E-state index contributed by atoms with van der Waals surface area (Å²) < 4.78 is 0. The number of aromatic nitrogens is 1. The molecule has 4 nitrogen and oxygen atoms in total. The van der Waals surface area contributed by atoms with Crippen LogP contribution >= 0.6 is 0 Å². The minimum atomic E-state index is -0.857. The molecule has 2 aromatic rings. The highest BCUT2D eigenvalue weighted by atomic mass is 16.4. The molecule has 0 unspecified atom stereocenters. The molecule has 1 aromatic carbocycles. The lowest BCUT2D eigenvalue weighted by atomic mass is 10.1. The predicted octanol–water partition coefficient (Wildman–Crippen LogP) is 2.92. The molecular weight excluding hydrogens is 240 g/mol. The van der Waals surface area contributed by atoms with Gasteiger partial charge < -0.3 is 10.0 Å². The average Bonchev–Trinajstić information content (AvgIpc) is 2.34. The number of rotatable bonds is 3. The zero-order valence-corrected chi connectivity index (χ0v) is 11.4. The minimum Gasteiger partial charge on any atom is -0.480 e. The maximum absolute atomic E-state index is 11.0. The molecule has 0 aliphatic carbocycles. The molecular formula is C15H18N2O2. The summed E-state index contributed by atoms with van der Waals surface area (Å²) >= 11 is 0. The molecule has 0 fully saturated rings. The fourth-order valence-corrected chi connectivity index (χ4v) is 2.00. The van der Waals surface area contributed by atoms with Gasteiger partial charge in [-0.15, -0.1) is 0 Å². The fraction of sp³-hybridized carbons (Fsp3) is 0.333. The van der Waals surface area contributed by atoms with Gasteiger partial charge in [-0.1, -0.05) is 18.2 Å². The first kappa shape index (κ1) is 13.3. The molecule has 4 heteroatoms. The van der Waals surface area contributed by atoms with Crippen molar-refractivity contribution in [2.75, 3.05) is 11.4 Å². The van der Waals surface area contributed by atoms with E-state index in [1.807, 2.05) is 57.2 Å². The Kier molecular flexibility index (Phi) is 3.42. The number of para-hydroxylation sites is 1. The minimum absolute atomic E-state index is 0.0607. The van der Waals surface area contributed by atoms with E-state index >= 15 is 0 Å². The monoisotopic (exact) mass is 258 g/mol. The van der Waals surface area contributed by atoms with Crippen LogP contribution in [-0.4, -0.2) is 28.1 Å². The number of fused-ring (bicyclic) bond motifs is 1. The molecule has 0 aliphatic heterocycles. The van der Waals surface area contributed by atoms with Crippen LogP contribution in [0.25, 0.3) is 10.9 Å². The molecule has 1 heterocycles. The maximum Gasteiger partial charge on any atom is 0.323 e. The number of carbonyl (C=O) groups is 1. The number of benzene rings is 1. The Hall–Kier alpha value is -2.10. The third-order valence-electron chi connectivity index (χ3n) is 2.96. The number of aliphatic carboxylic acids is 1. The summed E-state index contributed by atoms with van der Waals surface area (Å²) in [5.41, 5.74) is 0.577. The number of hydrogen-bond donors (Lipinski definition) is 1. The van der Waals surface area contributed by atoms with E-state index in [1.54, 1.807) is 4.90 Å². The highest BCUT2D eigenvalue weighted by Gasteiger charge is 2.25. The number of carboxylic acids is 1. The van der Waals surface area contributed by atoms with Crippen LogP contribution in [0.4, 0.5) is 5.82 Å². The fourth-order valence-electron chi connectivity index (χ4n) is 2.00. The normalized spacial score (nSPS) is 11.5. The molecule has 19 heavy (non-hydrogen) atoms. The summed E-state index contributed by atoms with van der Waals surface area (Å²) in [5.74, 6) is -0.168. The van der Waals surface area contributed by atoms with Gasteiger partial charge in [0, 0.05) is 10.9 Å². The van der Waals surface area contributed by atoms with Crippen molar-refractivity contribution >= 4 is 22.7 Å². The van der Waals surface area contributed by atoms with Gasteiger partial charge in [-0.25, -0.2) is 4.98 Å². The van der Waals surface area contributed by atoms with E-state index < -0.39 is 5.97 Å². The Balaban J connectivity index is 2.46. The van der Waals surface area contributed by atoms with Gasteiger partial charge in [0.2, 0.25) is 0 Å². The molecule has 1 aromatic heterocycles. The van der Waals surface area contributed by atoms with Crippen LogP contribution in [0.1, 0.15) is 20.8 Å². The Morgan fingerprint density at radius 2 is 1.89 bits per heavy atom. The first-order chi connectivity index (χ1) is 8.88. The summed E-state index contributed by atoms with van der Waals surface area (Å²) in [7, 11) is 0. The molecule has 0 spiro atoms. The lowest BCUT2D eigenvalue weighted by Crippen LogP contribution is -2.45. The Morgan fingerprint density at radius 1 is 1.21 bits per heavy atom. The Labute approximate surface area is 112 Å². The number of anilines is 1. The zero-order valence-electron chi connectivity index (χ0n) is 11.4. The smallest absolute Gasteiger partial charge is 0.323 e. The second-order valence-electron chi connectivity index (χ2n) is 5.51. The molecule has 0 aliphatic rings. The molecule has 0 atom stereocenters. The molecule has 0 saturated heterocycles. The highest BCUT2D eigenvalue weighted by molar-refractivity contribution is 5.81. The molecule has 2 rings (SSSR count). The van der Waals surface area contributed by atoms with Gasteiger partial charge in [0.25, 0.3) is 0 Å². The van der Waals surface area contributed by atoms with Crippen molar-refractivity contribution in [3.05, 3.63) is 36.4 Å². The standard InChI is InChI=1S/C15H18N2O2/c1-15(2,3)17(10-14(18)19)13-9-8-11-6-4-5-7-12(11)16-13/h4-9H,10H2,1-3H3,(H,18,19). The van der Waals surface area contributed by atoms with Crippen molar-refractivity contribution in [3.8, 4) is 0 Å². The summed E-state index contributed by atoms with van der Waals surface area (Å²) in [6, 6.07) is 11.7. The van der Waals surface area contributed by atoms with Gasteiger partial charge in [-0.3, -0.25) is 4.79 Å². The van der Waals surface area contributed by atoms with Crippen molar-refractivity contribution in [1.82, 2.24) is 4.98 Å². The Morgan fingerprint density at radius 3 is 2.53 bits per heavy atom. The third-order valence-corrected chi connectivity index (χ3v) is 2.96. The average molecular weight is 258 g/mol. The van der Waals surface area contributed by atoms with Gasteiger partial charge in [0.15, 0.2) is 0 Å². The molecule has 1 N–H and O–H groups in total. The van der Waals surface area contributed by atoms with E-state index in [9.17, 15) is 4.79 Å². The summed E-state index contributed by atoms with van der Waals surface area (Å²) in [5, 5.41) is 10.1. The van der Waals surface area contributed by atoms with E-state index in [0.717, 1.165) is 10.9 Å². The van der Waals surface area contributed by atoms with Crippen LogP contribution in [0, 0.1) is 0 Å². The first-order valence-electron chi connectivity index (χ1n) is 6.23. The van der Waals surface area contributed by atoms with E-state index in [-0.39, 0.29) is 12.1 Å². The molecule has 100 valence electrons. The molecule has 0 bridgehead atoms.